The number of benzene rings is 1. The van der Waals surface area contributed by atoms with Crippen molar-refractivity contribution < 1.29 is 9.90 Å². The molecule has 0 heterocycles. The number of carbonyl (C=O) groups is 1. The van der Waals surface area contributed by atoms with E-state index in [0.717, 1.165) is 11.8 Å². The van der Waals surface area contributed by atoms with Crippen molar-refractivity contribution in [3.8, 4) is 0 Å². The Morgan fingerprint density at radius 3 is 2.41 bits per heavy atom. The third-order valence-electron chi connectivity index (χ3n) is 3.53. The number of rotatable bonds is 1. The molecule has 94 valence electrons. The van der Waals surface area contributed by atoms with Crippen molar-refractivity contribution in [1.82, 2.24) is 0 Å². The highest BCUT2D eigenvalue weighted by Crippen LogP contribution is 2.33. The van der Waals surface area contributed by atoms with Crippen LogP contribution in [0.3, 0.4) is 0 Å². The van der Waals surface area contributed by atoms with Gasteiger partial charge in [-0.05, 0) is 30.2 Å². The molecule has 0 aromatic heterocycles. The summed E-state index contributed by atoms with van der Waals surface area (Å²) in [5.74, 6) is 1.78. The molecule has 1 aromatic rings. The average Bonchev–Trinajstić information content (AvgIpc) is 2.56. The van der Waals surface area contributed by atoms with Crippen molar-refractivity contribution in [2.24, 2.45) is 5.92 Å². The van der Waals surface area contributed by atoms with Crippen LogP contribution >= 0.6 is 0 Å². The molecule has 1 N–H and O–H groups in total. The topological polar surface area (TPSA) is 37.3 Å². The van der Waals surface area contributed by atoms with Gasteiger partial charge in [-0.15, -0.1) is 0 Å². The highest BCUT2D eigenvalue weighted by atomic mass is 16.3. The van der Waals surface area contributed by atoms with E-state index in [1.807, 2.05) is 0 Å². The summed E-state index contributed by atoms with van der Waals surface area (Å²) in [6.07, 6.45) is 7.06. The maximum absolute atomic E-state index is 8.36. The molecule has 2 nitrogen and oxygen atoms in total. The maximum Gasteiger partial charge on any atom is 0.290 e. The Labute approximate surface area is 104 Å². The molecular formula is C15H22O2. The molecule has 2 unspecified atom stereocenters. The van der Waals surface area contributed by atoms with E-state index >= 15 is 0 Å². The van der Waals surface area contributed by atoms with E-state index in [1.54, 1.807) is 5.56 Å². The Morgan fingerprint density at radius 2 is 1.76 bits per heavy atom. The van der Waals surface area contributed by atoms with Crippen LogP contribution in [0.15, 0.2) is 30.3 Å². The van der Waals surface area contributed by atoms with E-state index in [9.17, 15) is 0 Å². The fourth-order valence-corrected chi connectivity index (χ4v) is 2.55. The average molecular weight is 234 g/mol. The van der Waals surface area contributed by atoms with E-state index in [2.05, 4.69) is 37.3 Å². The second-order valence-electron chi connectivity index (χ2n) is 4.83. The molecule has 2 heteroatoms. The summed E-state index contributed by atoms with van der Waals surface area (Å²) in [5, 5.41) is 6.89. The monoisotopic (exact) mass is 234 g/mol. The van der Waals surface area contributed by atoms with Gasteiger partial charge < -0.3 is 5.11 Å². The molecule has 1 saturated carbocycles. The van der Waals surface area contributed by atoms with Crippen molar-refractivity contribution in [3.05, 3.63) is 35.9 Å². The first-order valence-corrected chi connectivity index (χ1v) is 6.40. The van der Waals surface area contributed by atoms with Crippen molar-refractivity contribution in [2.45, 2.75) is 44.9 Å². The third kappa shape index (κ3) is 5.03. The molecular weight excluding hydrogens is 212 g/mol. The van der Waals surface area contributed by atoms with Crippen molar-refractivity contribution in [2.75, 3.05) is 0 Å². The first-order valence-electron chi connectivity index (χ1n) is 6.40. The van der Waals surface area contributed by atoms with Gasteiger partial charge in [0.1, 0.15) is 0 Å². The van der Waals surface area contributed by atoms with Gasteiger partial charge in [0.05, 0.1) is 0 Å². The van der Waals surface area contributed by atoms with Crippen LogP contribution < -0.4 is 0 Å². The van der Waals surface area contributed by atoms with Crippen LogP contribution in [-0.4, -0.2) is 11.6 Å². The summed E-state index contributed by atoms with van der Waals surface area (Å²) in [6, 6.07) is 11.0. The van der Waals surface area contributed by atoms with Crippen molar-refractivity contribution in [3.63, 3.8) is 0 Å². The molecule has 0 bridgehead atoms. The van der Waals surface area contributed by atoms with E-state index in [0.29, 0.717) is 0 Å². The maximum atomic E-state index is 8.36. The Hall–Kier alpha value is -1.31. The summed E-state index contributed by atoms with van der Waals surface area (Å²) in [5.41, 5.74) is 1.56. The molecule has 1 aliphatic carbocycles. The fraction of sp³-hybridized carbons (Fsp3) is 0.533. The summed E-state index contributed by atoms with van der Waals surface area (Å²) in [6.45, 7) is 2.15. The lowest BCUT2D eigenvalue weighted by Gasteiger charge is -2.14. The molecule has 0 radical (unpaired) electrons. The van der Waals surface area contributed by atoms with E-state index in [-0.39, 0.29) is 6.47 Å². The van der Waals surface area contributed by atoms with Crippen LogP contribution in [0.4, 0.5) is 0 Å². The normalized spacial score (nSPS) is 24.1. The molecule has 0 saturated heterocycles. The fourth-order valence-electron chi connectivity index (χ4n) is 2.55. The molecule has 0 aliphatic heterocycles. The lowest BCUT2D eigenvalue weighted by Crippen LogP contribution is -1.97. The predicted octanol–water partition coefficient (Wildman–Crippen LogP) is 4.07. The van der Waals surface area contributed by atoms with Gasteiger partial charge in [0.15, 0.2) is 0 Å². The van der Waals surface area contributed by atoms with Gasteiger partial charge in [-0.3, -0.25) is 4.79 Å². The van der Waals surface area contributed by atoms with Gasteiger partial charge in [0, 0.05) is 0 Å². The van der Waals surface area contributed by atoms with Crippen LogP contribution in [0, 0.1) is 5.92 Å². The van der Waals surface area contributed by atoms with E-state index in [1.165, 1.54) is 32.1 Å². The van der Waals surface area contributed by atoms with Gasteiger partial charge in [-0.2, -0.15) is 0 Å². The SMILES string of the molecule is CC1CCCC(c2ccccc2)CC1.O=CO. The minimum Gasteiger partial charge on any atom is -0.483 e. The Kier molecular flexibility index (Phi) is 6.38. The lowest BCUT2D eigenvalue weighted by atomic mass is 9.91. The van der Waals surface area contributed by atoms with Gasteiger partial charge in [-0.1, -0.05) is 56.5 Å². The molecule has 1 fully saturated rings. The second kappa shape index (κ2) is 7.88. The first kappa shape index (κ1) is 13.8. The van der Waals surface area contributed by atoms with Crippen LogP contribution in [0.1, 0.15) is 50.5 Å². The van der Waals surface area contributed by atoms with E-state index in [4.69, 9.17) is 9.90 Å². The Morgan fingerprint density at radius 1 is 1.12 bits per heavy atom. The molecule has 2 atom stereocenters. The molecule has 17 heavy (non-hydrogen) atoms. The molecule has 0 amide bonds. The van der Waals surface area contributed by atoms with Gasteiger partial charge >= 0.3 is 0 Å². The van der Waals surface area contributed by atoms with Crippen LogP contribution in [-0.2, 0) is 4.79 Å². The van der Waals surface area contributed by atoms with Gasteiger partial charge in [-0.25, -0.2) is 0 Å². The van der Waals surface area contributed by atoms with Crippen LogP contribution in [0.5, 0.6) is 0 Å². The first-order chi connectivity index (χ1) is 8.27. The summed E-state index contributed by atoms with van der Waals surface area (Å²) in [7, 11) is 0. The van der Waals surface area contributed by atoms with E-state index < -0.39 is 0 Å². The molecule has 1 aliphatic rings. The minimum absolute atomic E-state index is 0.250. The smallest absolute Gasteiger partial charge is 0.290 e. The molecule has 1 aromatic carbocycles. The van der Waals surface area contributed by atoms with Crippen molar-refractivity contribution in [1.29, 1.82) is 0 Å². The third-order valence-corrected chi connectivity index (χ3v) is 3.53. The lowest BCUT2D eigenvalue weighted by molar-refractivity contribution is -0.122. The highest BCUT2D eigenvalue weighted by molar-refractivity contribution is 5.32. The number of hydrogen-bond acceptors (Lipinski definition) is 1. The Bertz CT molecular complexity index is 308. The zero-order valence-electron chi connectivity index (χ0n) is 10.5. The van der Waals surface area contributed by atoms with Crippen molar-refractivity contribution >= 4 is 6.47 Å². The number of carboxylic acid groups (broad SMARTS) is 1. The summed E-state index contributed by atoms with van der Waals surface area (Å²) in [4.78, 5) is 8.36. The predicted molar refractivity (Wildman–Crippen MR) is 70.1 cm³/mol. The largest absolute Gasteiger partial charge is 0.483 e. The second-order valence-corrected chi connectivity index (χ2v) is 4.83. The minimum atomic E-state index is -0.250. The number of hydrogen-bond donors (Lipinski definition) is 1. The summed E-state index contributed by atoms with van der Waals surface area (Å²) >= 11 is 0. The van der Waals surface area contributed by atoms with Gasteiger partial charge in [0.25, 0.3) is 6.47 Å². The quantitative estimate of drug-likeness (QED) is 0.587. The van der Waals surface area contributed by atoms with Crippen LogP contribution in [0.2, 0.25) is 0 Å². The molecule has 2 rings (SSSR count). The van der Waals surface area contributed by atoms with Crippen LogP contribution in [0.25, 0.3) is 0 Å². The zero-order valence-corrected chi connectivity index (χ0v) is 10.5. The molecule has 0 spiro atoms. The Balaban J connectivity index is 0.000000437. The summed E-state index contributed by atoms with van der Waals surface area (Å²) < 4.78 is 0. The highest BCUT2D eigenvalue weighted by Gasteiger charge is 2.16. The zero-order chi connectivity index (χ0) is 12.5. The van der Waals surface area contributed by atoms with Gasteiger partial charge in [0.2, 0.25) is 0 Å². The standard InChI is InChI=1S/C14H20.CH2O2/c1-12-6-5-9-14(11-10-12)13-7-3-2-4-8-13;2-1-3/h2-4,7-8,12,14H,5-6,9-11H2,1H3;1H,(H,2,3).